The van der Waals surface area contributed by atoms with Crippen LogP contribution in [0.4, 0.5) is 16.2 Å². The largest absolute Gasteiger partial charge is 0.398 e. The maximum atomic E-state index is 12.2. The molecule has 4 unspecified atom stereocenters. The summed E-state index contributed by atoms with van der Waals surface area (Å²) in [7, 11) is 0. The lowest BCUT2D eigenvalue weighted by Gasteiger charge is -2.43. The van der Waals surface area contributed by atoms with Gasteiger partial charge < -0.3 is 30.9 Å². The zero-order chi connectivity index (χ0) is 28.6. The number of rotatable bonds is 9. The molecule has 4 aromatic carbocycles. The van der Waals surface area contributed by atoms with Crippen molar-refractivity contribution in [1.82, 2.24) is 5.32 Å². The maximum absolute atomic E-state index is 12.2. The summed E-state index contributed by atoms with van der Waals surface area (Å²) in [5, 5.41) is 15.3. The molecule has 212 valence electrons. The molecule has 1 aliphatic heterocycles. The van der Waals surface area contributed by atoms with E-state index >= 15 is 0 Å². The third-order valence-electron chi connectivity index (χ3n) is 7.05. The number of aliphatic hydroxyl groups excluding tert-OH is 1. The molecule has 0 saturated carbocycles. The molecule has 1 fully saturated rings. The first-order valence-corrected chi connectivity index (χ1v) is 14.7. The molecule has 1 aliphatic rings. The average Bonchev–Trinajstić information content (AvgIpc) is 3.01. The van der Waals surface area contributed by atoms with E-state index in [1.54, 1.807) is 11.8 Å². The van der Waals surface area contributed by atoms with Crippen LogP contribution in [0.1, 0.15) is 47.5 Å². The van der Waals surface area contributed by atoms with Crippen molar-refractivity contribution in [2.75, 3.05) is 23.3 Å². The van der Waals surface area contributed by atoms with Crippen molar-refractivity contribution in [3.63, 3.8) is 0 Å². The van der Waals surface area contributed by atoms with Gasteiger partial charge in [0.05, 0.1) is 18.8 Å². The minimum atomic E-state index is -0.674. The molecular weight excluding hydrogens is 534 g/mol. The first-order chi connectivity index (χ1) is 20.1. The van der Waals surface area contributed by atoms with E-state index in [1.807, 2.05) is 97.9 Å². The van der Waals surface area contributed by atoms with E-state index in [4.69, 9.17) is 15.2 Å². The van der Waals surface area contributed by atoms with Gasteiger partial charge in [0.25, 0.3) is 0 Å². The van der Waals surface area contributed by atoms with Gasteiger partial charge >= 0.3 is 6.03 Å². The molecule has 7 nitrogen and oxygen atoms in total. The fraction of sp³-hybridized carbons (Fsp3) is 0.242. The molecule has 41 heavy (non-hydrogen) atoms. The lowest BCUT2D eigenvalue weighted by molar-refractivity contribution is -0.255. The Morgan fingerprint density at radius 1 is 0.878 bits per heavy atom. The first kappa shape index (κ1) is 28.7. The topological polar surface area (TPSA) is 106 Å². The quantitative estimate of drug-likeness (QED) is 0.133. The number of nitrogens with one attached hydrogen (secondary N) is 2. The van der Waals surface area contributed by atoms with Gasteiger partial charge in [0, 0.05) is 40.0 Å². The third-order valence-corrected chi connectivity index (χ3v) is 8.22. The first-order valence-electron chi connectivity index (χ1n) is 13.7. The normalized spacial score (nSPS) is 20.3. The van der Waals surface area contributed by atoms with Gasteiger partial charge in [-0.3, -0.25) is 0 Å². The Morgan fingerprint density at radius 3 is 2.34 bits per heavy atom. The molecule has 0 bridgehead atoms. The molecule has 0 spiro atoms. The van der Waals surface area contributed by atoms with Gasteiger partial charge in [-0.05, 0) is 47.9 Å². The third kappa shape index (κ3) is 7.10. The number of nitrogens with two attached hydrogens (primary N) is 1. The van der Waals surface area contributed by atoms with Gasteiger partial charge in [0.1, 0.15) is 0 Å². The monoisotopic (exact) mass is 569 g/mol. The number of nitrogen functional groups attached to an aromatic ring is 1. The second-order valence-corrected chi connectivity index (χ2v) is 10.9. The lowest BCUT2D eigenvalue weighted by atomic mass is 9.84. The number of hydrogen-bond donors (Lipinski definition) is 4. The molecule has 5 rings (SSSR count). The van der Waals surface area contributed by atoms with Gasteiger partial charge in [-0.1, -0.05) is 78.9 Å². The molecule has 4 atom stereocenters. The van der Waals surface area contributed by atoms with Gasteiger partial charge in [-0.15, -0.1) is 11.8 Å². The van der Waals surface area contributed by atoms with Gasteiger partial charge in [-0.2, -0.15) is 0 Å². The Balaban J connectivity index is 1.52. The van der Waals surface area contributed by atoms with Crippen LogP contribution in [-0.2, 0) is 16.1 Å². The zero-order valence-electron chi connectivity index (χ0n) is 22.9. The SMILES string of the molecule is CCNC(=O)Nc1cccc(C2OC(CSc3ccccc3N)C(c3ccccc3)C(c3ccc(CO)cc3)O2)c1. The van der Waals surface area contributed by atoms with E-state index in [0.717, 1.165) is 32.8 Å². The highest BCUT2D eigenvalue weighted by Gasteiger charge is 2.42. The summed E-state index contributed by atoms with van der Waals surface area (Å²) >= 11 is 1.67. The Labute approximate surface area is 245 Å². The number of thioether (sulfide) groups is 1. The van der Waals surface area contributed by atoms with Crippen molar-refractivity contribution < 1.29 is 19.4 Å². The highest BCUT2D eigenvalue weighted by atomic mass is 32.2. The Morgan fingerprint density at radius 2 is 1.61 bits per heavy atom. The number of amides is 2. The fourth-order valence-electron chi connectivity index (χ4n) is 5.03. The number of benzene rings is 4. The van der Waals surface area contributed by atoms with E-state index in [-0.39, 0.29) is 30.8 Å². The van der Waals surface area contributed by atoms with Crippen molar-refractivity contribution >= 4 is 29.2 Å². The molecule has 2 amide bonds. The second-order valence-electron chi connectivity index (χ2n) is 9.86. The minimum Gasteiger partial charge on any atom is -0.398 e. The average molecular weight is 570 g/mol. The number of para-hydroxylation sites is 1. The molecule has 5 N–H and O–H groups in total. The predicted octanol–water partition coefficient (Wildman–Crippen LogP) is 6.63. The number of ether oxygens (including phenoxy) is 2. The molecule has 4 aromatic rings. The van der Waals surface area contributed by atoms with Crippen LogP contribution in [0, 0.1) is 0 Å². The minimum absolute atomic E-state index is 0.0250. The van der Waals surface area contributed by atoms with Gasteiger partial charge in [-0.25, -0.2) is 4.79 Å². The van der Waals surface area contributed by atoms with Crippen LogP contribution in [0.2, 0.25) is 0 Å². The molecule has 0 aliphatic carbocycles. The Hall–Kier alpha value is -3.82. The van der Waals surface area contributed by atoms with Crippen LogP contribution in [0.3, 0.4) is 0 Å². The molecule has 8 heteroatoms. The van der Waals surface area contributed by atoms with E-state index in [1.165, 1.54) is 0 Å². The summed E-state index contributed by atoms with van der Waals surface area (Å²) in [4.78, 5) is 13.2. The van der Waals surface area contributed by atoms with Crippen molar-refractivity contribution in [1.29, 1.82) is 0 Å². The van der Waals surface area contributed by atoms with E-state index in [2.05, 4.69) is 22.8 Å². The van der Waals surface area contributed by atoms with Crippen molar-refractivity contribution in [3.8, 4) is 0 Å². The molecule has 0 aromatic heterocycles. The summed E-state index contributed by atoms with van der Waals surface area (Å²) in [5.74, 6) is 0.539. The summed E-state index contributed by atoms with van der Waals surface area (Å²) < 4.78 is 13.5. The van der Waals surface area contributed by atoms with Crippen molar-refractivity contribution in [2.24, 2.45) is 0 Å². The highest BCUT2D eigenvalue weighted by molar-refractivity contribution is 7.99. The number of urea groups is 1. The molecular formula is C33H35N3O4S. The number of hydrogen-bond acceptors (Lipinski definition) is 6. The predicted molar refractivity (Wildman–Crippen MR) is 164 cm³/mol. The Kier molecular flexibility index (Phi) is 9.59. The fourth-order valence-corrected chi connectivity index (χ4v) is 6.07. The van der Waals surface area contributed by atoms with Crippen LogP contribution in [0.5, 0.6) is 0 Å². The smallest absolute Gasteiger partial charge is 0.319 e. The van der Waals surface area contributed by atoms with Crippen molar-refractivity contribution in [3.05, 3.63) is 125 Å². The summed E-state index contributed by atoms with van der Waals surface area (Å²) in [6.45, 7) is 2.38. The van der Waals surface area contributed by atoms with Crippen LogP contribution in [0.25, 0.3) is 0 Å². The van der Waals surface area contributed by atoms with E-state index < -0.39 is 6.29 Å². The van der Waals surface area contributed by atoms with E-state index in [0.29, 0.717) is 18.0 Å². The van der Waals surface area contributed by atoms with Crippen LogP contribution >= 0.6 is 11.8 Å². The molecule has 1 heterocycles. The summed E-state index contributed by atoms with van der Waals surface area (Å²) in [6.07, 6.45) is -1.24. The zero-order valence-corrected chi connectivity index (χ0v) is 23.7. The number of carbonyl (C=O) groups excluding carboxylic acids is 1. The maximum Gasteiger partial charge on any atom is 0.319 e. The molecule has 1 saturated heterocycles. The standard InChI is InChI=1S/C33H35N3O4S/c1-2-35-33(38)36-26-12-8-11-25(19-26)32-39-28(21-41-29-14-7-6-13-27(29)34)30(23-9-4-3-5-10-23)31(40-32)24-17-15-22(20-37)16-18-24/h3-19,28,30-32,37H,2,20-21,34H2,1H3,(H2,35,36,38). The van der Waals surface area contributed by atoms with Gasteiger partial charge in [0.15, 0.2) is 6.29 Å². The number of carbonyl (C=O) groups is 1. The Bertz CT molecular complexity index is 1430. The van der Waals surface area contributed by atoms with Crippen LogP contribution < -0.4 is 16.4 Å². The molecule has 0 radical (unpaired) electrons. The van der Waals surface area contributed by atoms with E-state index in [9.17, 15) is 9.90 Å². The lowest BCUT2D eigenvalue weighted by Crippen LogP contribution is -2.38. The van der Waals surface area contributed by atoms with Crippen LogP contribution in [0.15, 0.2) is 108 Å². The number of aliphatic hydroxyl groups is 1. The number of anilines is 2. The van der Waals surface area contributed by atoms with Crippen molar-refractivity contribution in [2.45, 2.75) is 42.8 Å². The highest BCUT2D eigenvalue weighted by Crippen LogP contribution is 2.48. The second kappa shape index (κ2) is 13.7. The summed E-state index contributed by atoms with van der Waals surface area (Å²) in [5.41, 5.74) is 11.4. The summed E-state index contributed by atoms with van der Waals surface area (Å²) in [6, 6.07) is 33.3. The van der Waals surface area contributed by atoms with Gasteiger partial charge in [0.2, 0.25) is 0 Å². The van der Waals surface area contributed by atoms with Crippen LogP contribution in [-0.4, -0.2) is 29.5 Å².